The van der Waals surface area contributed by atoms with E-state index in [0.29, 0.717) is 5.56 Å². The van der Waals surface area contributed by atoms with E-state index in [2.05, 4.69) is 17.0 Å². The number of carbonyl (C=O) groups excluding carboxylic acids is 1. The molecule has 0 saturated carbocycles. The number of aryl methyl sites for hydroxylation is 1. The van der Waals surface area contributed by atoms with Crippen molar-refractivity contribution >= 4 is 5.78 Å². The van der Waals surface area contributed by atoms with Crippen molar-refractivity contribution in [3.8, 4) is 6.07 Å². The number of ketones is 1. The van der Waals surface area contributed by atoms with Crippen LogP contribution in [0.3, 0.4) is 0 Å². The number of nitrogens with zero attached hydrogens (tertiary/aromatic N) is 4. The summed E-state index contributed by atoms with van der Waals surface area (Å²) in [7, 11) is 0. The van der Waals surface area contributed by atoms with Gasteiger partial charge in [-0.15, -0.1) is 5.10 Å². The SMILES string of the molecule is Cc1cc(C(=O)Cn2cnc(C#N)n2)c(C)c(C)c1C. The molecule has 0 saturated heterocycles. The van der Waals surface area contributed by atoms with Crippen molar-refractivity contribution < 1.29 is 4.79 Å². The number of carbonyl (C=O) groups is 1. The average molecular weight is 268 g/mol. The third-order valence-corrected chi connectivity index (χ3v) is 3.72. The maximum absolute atomic E-state index is 12.4. The minimum Gasteiger partial charge on any atom is -0.292 e. The molecule has 0 radical (unpaired) electrons. The number of nitriles is 1. The van der Waals surface area contributed by atoms with E-state index >= 15 is 0 Å². The summed E-state index contributed by atoms with van der Waals surface area (Å²) in [6, 6.07) is 3.76. The number of aromatic nitrogens is 3. The summed E-state index contributed by atoms with van der Waals surface area (Å²) in [5, 5.41) is 12.6. The van der Waals surface area contributed by atoms with Crippen molar-refractivity contribution in [1.29, 1.82) is 5.26 Å². The van der Waals surface area contributed by atoms with Gasteiger partial charge in [0.25, 0.3) is 5.82 Å². The minimum absolute atomic E-state index is 0.0249. The Labute approximate surface area is 117 Å². The van der Waals surface area contributed by atoms with E-state index in [4.69, 9.17) is 5.26 Å². The average Bonchev–Trinajstić information content (AvgIpc) is 2.88. The molecule has 0 aliphatic rings. The number of benzene rings is 1. The van der Waals surface area contributed by atoms with Gasteiger partial charge < -0.3 is 0 Å². The highest BCUT2D eigenvalue weighted by atomic mass is 16.1. The van der Waals surface area contributed by atoms with Crippen LogP contribution >= 0.6 is 0 Å². The molecule has 0 fully saturated rings. The van der Waals surface area contributed by atoms with Crippen LogP contribution in [0.4, 0.5) is 0 Å². The second kappa shape index (κ2) is 5.25. The Balaban J connectivity index is 2.32. The molecule has 0 N–H and O–H groups in total. The first-order valence-electron chi connectivity index (χ1n) is 6.34. The molecular weight excluding hydrogens is 252 g/mol. The van der Waals surface area contributed by atoms with Gasteiger partial charge in [0, 0.05) is 5.56 Å². The summed E-state index contributed by atoms with van der Waals surface area (Å²) < 4.78 is 1.39. The van der Waals surface area contributed by atoms with Gasteiger partial charge in [-0.25, -0.2) is 9.67 Å². The third-order valence-electron chi connectivity index (χ3n) is 3.72. The van der Waals surface area contributed by atoms with Crippen molar-refractivity contribution in [3.63, 3.8) is 0 Å². The van der Waals surface area contributed by atoms with E-state index < -0.39 is 0 Å². The fourth-order valence-electron chi connectivity index (χ4n) is 2.16. The van der Waals surface area contributed by atoms with Gasteiger partial charge in [0.1, 0.15) is 18.9 Å². The fraction of sp³-hybridized carbons (Fsp3) is 0.333. The van der Waals surface area contributed by atoms with Crippen LogP contribution in [0.1, 0.15) is 38.4 Å². The summed E-state index contributed by atoms with van der Waals surface area (Å²) in [4.78, 5) is 16.2. The molecular formula is C15H16N4O. The molecule has 5 nitrogen and oxygen atoms in total. The van der Waals surface area contributed by atoms with Crippen molar-refractivity contribution in [1.82, 2.24) is 14.8 Å². The van der Waals surface area contributed by atoms with Crippen molar-refractivity contribution in [2.45, 2.75) is 34.2 Å². The molecule has 1 aromatic carbocycles. The molecule has 2 rings (SSSR count). The molecule has 2 aromatic rings. The molecule has 5 heteroatoms. The van der Waals surface area contributed by atoms with Crippen molar-refractivity contribution in [2.24, 2.45) is 0 Å². The molecule has 0 amide bonds. The molecule has 0 unspecified atom stereocenters. The van der Waals surface area contributed by atoms with Gasteiger partial charge >= 0.3 is 0 Å². The Hall–Kier alpha value is -2.48. The minimum atomic E-state index is -0.0249. The Bertz CT molecular complexity index is 722. The highest BCUT2D eigenvalue weighted by Gasteiger charge is 2.15. The van der Waals surface area contributed by atoms with E-state index in [9.17, 15) is 4.79 Å². The maximum atomic E-state index is 12.4. The molecule has 20 heavy (non-hydrogen) atoms. The lowest BCUT2D eigenvalue weighted by Gasteiger charge is -2.13. The second-order valence-electron chi connectivity index (χ2n) is 4.92. The Morgan fingerprint density at radius 2 is 1.95 bits per heavy atom. The zero-order chi connectivity index (χ0) is 14.9. The fourth-order valence-corrected chi connectivity index (χ4v) is 2.16. The molecule has 1 heterocycles. The van der Waals surface area contributed by atoms with Crippen LogP contribution in [-0.2, 0) is 6.54 Å². The zero-order valence-electron chi connectivity index (χ0n) is 12.1. The first-order chi connectivity index (χ1) is 9.43. The lowest BCUT2D eigenvalue weighted by Crippen LogP contribution is -2.13. The van der Waals surface area contributed by atoms with Crippen LogP contribution in [0.5, 0.6) is 0 Å². The third kappa shape index (κ3) is 2.45. The summed E-state index contributed by atoms with van der Waals surface area (Å²) in [6.45, 7) is 8.14. The molecule has 1 aromatic heterocycles. The van der Waals surface area contributed by atoms with Crippen molar-refractivity contribution in [3.05, 3.63) is 46.0 Å². The predicted molar refractivity (Wildman–Crippen MR) is 74.5 cm³/mol. The quantitative estimate of drug-likeness (QED) is 0.800. The Morgan fingerprint density at radius 1 is 1.25 bits per heavy atom. The van der Waals surface area contributed by atoms with E-state index in [1.54, 1.807) is 0 Å². The van der Waals surface area contributed by atoms with Crippen molar-refractivity contribution in [2.75, 3.05) is 0 Å². The Morgan fingerprint density at radius 3 is 2.55 bits per heavy atom. The van der Waals surface area contributed by atoms with Gasteiger partial charge in [-0.1, -0.05) is 0 Å². The standard InChI is InChI=1S/C15H16N4O/c1-9-5-13(12(4)11(3)10(9)2)14(20)7-19-8-17-15(6-16)18-19/h5,8H,7H2,1-4H3. The normalized spacial score (nSPS) is 10.3. The summed E-state index contributed by atoms with van der Waals surface area (Å²) in [6.07, 6.45) is 1.40. The first kappa shape index (κ1) is 13.9. The first-order valence-corrected chi connectivity index (χ1v) is 6.34. The molecule has 0 atom stereocenters. The topological polar surface area (TPSA) is 71.6 Å². The van der Waals surface area contributed by atoms with Crippen LogP contribution in [0.25, 0.3) is 0 Å². The van der Waals surface area contributed by atoms with Gasteiger partial charge in [-0.3, -0.25) is 4.79 Å². The molecule has 0 aliphatic heterocycles. The van der Waals surface area contributed by atoms with Gasteiger partial charge in [0.05, 0.1) is 0 Å². The molecule has 0 spiro atoms. The molecule has 0 aliphatic carbocycles. The number of rotatable bonds is 3. The van der Waals surface area contributed by atoms with Crippen LogP contribution < -0.4 is 0 Å². The number of hydrogen-bond donors (Lipinski definition) is 0. The largest absolute Gasteiger partial charge is 0.292 e. The predicted octanol–water partition coefficient (Wildman–Crippen LogP) is 2.27. The van der Waals surface area contributed by atoms with Gasteiger partial charge in [0.15, 0.2) is 5.78 Å². The van der Waals surface area contributed by atoms with Crippen LogP contribution in [-0.4, -0.2) is 20.5 Å². The zero-order valence-corrected chi connectivity index (χ0v) is 12.1. The lowest BCUT2D eigenvalue weighted by atomic mass is 9.92. The van der Waals surface area contributed by atoms with Crippen LogP contribution in [0, 0.1) is 39.0 Å². The maximum Gasteiger partial charge on any atom is 0.252 e. The van der Waals surface area contributed by atoms with Gasteiger partial charge in [-0.2, -0.15) is 5.26 Å². The lowest BCUT2D eigenvalue weighted by molar-refractivity contribution is 0.0967. The summed E-state index contributed by atoms with van der Waals surface area (Å²) in [5.74, 6) is 0.0499. The highest BCUT2D eigenvalue weighted by Crippen LogP contribution is 2.21. The van der Waals surface area contributed by atoms with Crippen LogP contribution in [0.2, 0.25) is 0 Å². The van der Waals surface area contributed by atoms with Gasteiger partial charge in [0.2, 0.25) is 0 Å². The number of Topliss-reactive ketones (excluding diaryl/α,β-unsaturated/α-hetero) is 1. The highest BCUT2D eigenvalue weighted by molar-refractivity contribution is 5.97. The van der Waals surface area contributed by atoms with E-state index in [0.717, 1.165) is 16.7 Å². The van der Waals surface area contributed by atoms with E-state index in [1.807, 2.05) is 32.9 Å². The number of hydrogen-bond acceptors (Lipinski definition) is 4. The smallest absolute Gasteiger partial charge is 0.252 e. The monoisotopic (exact) mass is 268 g/mol. The van der Waals surface area contributed by atoms with Gasteiger partial charge in [-0.05, 0) is 56.0 Å². The van der Waals surface area contributed by atoms with E-state index in [-0.39, 0.29) is 18.2 Å². The molecule has 102 valence electrons. The van der Waals surface area contributed by atoms with E-state index in [1.165, 1.54) is 16.6 Å². The summed E-state index contributed by atoms with van der Waals surface area (Å²) >= 11 is 0. The van der Waals surface area contributed by atoms with Crippen LogP contribution in [0.15, 0.2) is 12.4 Å². The summed E-state index contributed by atoms with van der Waals surface area (Å²) in [5.41, 5.74) is 5.17. The Kier molecular flexibility index (Phi) is 3.66. The molecule has 0 bridgehead atoms. The second-order valence-corrected chi connectivity index (χ2v) is 4.92.